The molecule has 0 aliphatic heterocycles. The zero-order chi connectivity index (χ0) is 17.6. The van der Waals surface area contributed by atoms with E-state index in [1.54, 1.807) is 6.07 Å². The van der Waals surface area contributed by atoms with Crippen LogP contribution in [-0.2, 0) is 6.54 Å². The summed E-state index contributed by atoms with van der Waals surface area (Å²) in [7, 11) is 4.24. The molecule has 1 rings (SSSR count). The third kappa shape index (κ3) is 10.2. The minimum absolute atomic E-state index is 0.213. The Hall–Kier alpha value is -1.62. The molecule has 1 aromatic rings. The van der Waals surface area contributed by atoms with Crippen molar-refractivity contribution >= 4 is 5.96 Å². The van der Waals surface area contributed by atoms with E-state index in [0.29, 0.717) is 6.54 Å². The van der Waals surface area contributed by atoms with Crippen LogP contribution in [0.1, 0.15) is 44.6 Å². The van der Waals surface area contributed by atoms with Crippen molar-refractivity contribution in [2.24, 2.45) is 4.99 Å². The fourth-order valence-corrected chi connectivity index (χ4v) is 2.44. The van der Waals surface area contributed by atoms with Crippen molar-refractivity contribution in [3.8, 4) is 0 Å². The number of hydrogen-bond acceptors (Lipinski definition) is 2. The molecule has 1 aromatic carbocycles. The zero-order valence-electron chi connectivity index (χ0n) is 15.4. The number of halogens is 1. The monoisotopic (exact) mass is 336 g/mol. The van der Waals surface area contributed by atoms with Gasteiger partial charge in [0.15, 0.2) is 5.96 Å². The SMILES string of the molecule is CCNC(=NCc1cccc(F)c1)NCCCCCCCN(C)C. The average molecular weight is 336 g/mol. The molecule has 0 aromatic heterocycles. The molecule has 0 saturated carbocycles. The summed E-state index contributed by atoms with van der Waals surface area (Å²) < 4.78 is 13.2. The Labute approximate surface area is 146 Å². The highest BCUT2D eigenvalue weighted by Crippen LogP contribution is 2.05. The summed E-state index contributed by atoms with van der Waals surface area (Å²) in [6.07, 6.45) is 6.24. The highest BCUT2D eigenvalue weighted by molar-refractivity contribution is 5.79. The van der Waals surface area contributed by atoms with Gasteiger partial charge in [0.25, 0.3) is 0 Å². The third-order valence-corrected chi connectivity index (χ3v) is 3.73. The van der Waals surface area contributed by atoms with Gasteiger partial charge >= 0.3 is 0 Å². The maximum absolute atomic E-state index is 13.2. The minimum Gasteiger partial charge on any atom is -0.357 e. The van der Waals surface area contributed by atoms with E-state index in [1.165, 1.54) is 44.4 Å². The Kier molecular flexibility index (Phi) is 10.9. The van der Waals surface area contributed by atoms with E-state index >= 15 is 0 Å². The van der Waals surface area contributed by atoms with Gasteiger partial charge in [0, 0.05) is 13.1 Å². The van der Waals surface area contributed by atoms with Crippen molar-refractivity contribution < 1.29 is 4.39 Å². The molecule has 0 saturated heterocycles. The van der Waals surface area contributed by atoms with Gasteiger partial charge in [0.05, 0.1) is 6.54 Å². The van der Waals surface area contributed by atoms with Crippen LogP contribution in [0.2, 0.25) is 0 Å². The van der Waals surface area contributed by atoms with E-state index in [1.807, 2.05) is 13.0 Å². The predicted octanol–water partition coefficient (Wildman–Crippen LogP) is 3.39. The zero-order valence-corrected chi connectivity index (χ0v) is 15.4. The molecule has 0 fully saturated rings. The Morgan fingerprint density at radius 3 is 2.54 bits per heavy atom. The number of nitrogens with one attached hydrogen (secondary N) is 2. The second-order valence-electron chi connectivity index (χ2n) is 6.32. The quantitative estimate of drug-likeness (QED) is 0.370. The second-order valence-corrected chi connectivity index (χ2v) is 6.32. The van der Waals surface area contributed by atoms with Gasteiger partial charge in [-0.2, -0.15) is 0 Å². The first-order valence-electron chi connectivity index (χ1n) is 9.03. The molecule has 0 aliphatic rings. The summed E-state index contributed by atoms with van der Waals surface area (Å²) in [5.74, 6) is 0.587. The lowest BCUT2D eigenvalue weighted by atomic mass is 10.1. The van der Waals surface area contributed by atoms with Crippen molar-refractivity contribution in [1.82, 2.24) is 15.5 Å². The standard InChI is InChI=1S/C19H33FN4/c1-4-21-19(23-16-17-11-10-12-18(20)15-17)22-13-8-6-5-7-9-14-24(2)3/h10-12,15H,4-9,13-14,16H2,1-3H3,(H2,21,22,23). The van der Waals surface area contributed by atoms with E-state index in [0.717, 1.165) is 31.0 Å². The lowest BCUT2D eigenvalue weighted by Crippen LogP contribution is -2.37. The topological polar surface area (TPSA) is 39.7 Å². The van der Waals surface area contributed by atoms with Crippen molar-refractivity contribution in [2.75, 3.05) is 33.7 Å². The Bertz CT molecular complexity index is 474. The van der Waals surface area contributed by atoms with Gasteiger partial charge in [-0.15, -0.1) is 0 Å². The van der Waals surface area contributed by atoms with Crippen LogP contribution in [0.3, 0.4) is 0 Å². The number of aliphatic imine (C=N–C) groups is 1. The number of unbranched alkanes of at least 4 members (excludes halogenated alkanes) is 4. The lowest BCUT2D eigenvalue weighted by Gasteiger charge is -2.11. The van der Waals surface area contributed by atoms with Gasteiger partial charge in [-0.3, -0.25) is 0 Å². The molecule has 24 heavy (non-hydrogen) atoms. The first-order valence-corrected chi connectivity index (χ1v) is 9.03. The average Bonchev–Trinajstić information content (AvgIpc) is 2.54. The number of rotatable bonds is 11. The largest absolute Gasteiger partial charge is 0.357 e. The molecule has 4 nitrogen and oxygen atoms in total. The minimum atomic E-state index is -0.213. The highest BCUT2D eigenvalue weighted by Gasteiger charge is 1.99. The van der Waals surface area contributed by atoms with Gasteiger partial charge in [-0.1, -0.05) is 31.4 Å². The fraction of sp³-hybridized carbons (Fsp3) is 0.632. The van der Waals surface area contributed by atoms with Crippen LogP contribution < -0.4 is 10.6 Å². The van der Waals surface area contributed by atoms with E-state index in [4.69, 9.17) is 0 Å². The van der Waals surface area contributed by atoms with Gasteiger partial charge < -0.3 is 15.5 Å². The van der Waals surface area contributed by atoms with Crippen LogP contribution in [-0.4, -0.2) is 44.6 Å². The number of benzene rings is 1. The summed E-state index contributed by atoms with van der Waals surface area (Å²) >= 11 is 0. The van der Waals surface area contributed by atoms with Crippen LogP contribution in [0.25, 0.3) is 0 Å². The summed E-state index contributed by atoms with van der Waals surface area (Å²) in [5.41, 5.74) is 0.882. The van der Waals surface area contributed by atoms with Crippen LogP contribution in [0.15, 0.2) is 29.3 Å². The van der Waals surface area contributed by atoms with Crippen LogP contribution in [0.5, 0.6) is 0 Å². The molecule has 0 spiro atoms. The number of nitrogens with zero attached hydrogens (tertiary/aromatic N) is 2. The summed E-state index contributed by atoms with van der Waals surface area (Å²) in [6.45, 7) is 5.44. The molecule has 0 aliphatic carbocycles. The van der Waals surface area contributed by atoms with Crippen LogP contribution >= 0.6 is 0 Å². The third-order valence-electron chi connectivity index (χ3n) is 3.73. The molecule has 5 heteroatoms. The van der Waals surface area contributed by atoms with Crippen molar-refractivity contribution in [3.05, 3.63) is 35.6 Å². The van der Waals surface area contributed by atoms with E-state index in [9.17, 15) is 4.39 Å². The molecule has 0 radical (unpaired) electrons. The molecule has 0 heterocycles. The molecule has 0 unspecified atom stereocenters. The predicted molar refractivity (Wildman–Crippen MR) is 101 cm³/mol. The molecular formula is C19H33FN4. The van der Waals surface area contributed by atoms with Gasteiger partial charge in [-0.25, -0.2) is 9.38 Å². The fourth-order valence-electron chi connectivity index (χ4n) is 2.44. The molecule has 136 valence electrons. The van der Waals surface area contributed by atoms with Gasteiger partial charge in [-0.05, 0) is 58.1 Å². The van der Waals surface area contributed by atoms with Crippen LogP contribution in [0, 0.1) is 5.82 Å². The van der Waals surface area contributed by atoms with Gasteiger partial charge in [0.2, 0.25) is 0 Å². The molecule has 0 amide bonds. The first kappa shape index (κ1) is 20.4. The first-order chi connectivity index (χ1) is 11.6. The van der Waals surface area contributed by atoms with E-state index in [-0.39, 0.29) is 5.82 Å². The van der Waals surface area contributed by atoms with Crippen molar-refractivity contribution in [3.63, 3.8) is 0 Å². The van der Waals surface area contributed by atoms with Crippen molar-refractivity contribution in [2.45, 2.75) is 45.6 Å². The van der Waals surface area contributed by atoms with Crippen molar-refractivity contribution in [1.29, 1.82) is 0 Å². The molecular weight excluding hydrogens is 303 g/mol. The number of hydrogen-bond donors (Lipinski definition) is 2. The smallest absolute Gasteiger partial charge is 0.191 e. The highest BCUT2D eigenvalue weighted by atomic mass is 19.1. The van der Waals surface area contributed by atoms with E-state index < -0.39 is 0 Å². The van der Waals surface area contributed by atoms with Crippen LogP contribution in [0.4, 0.5) is 4.39 Å². The van der Waals surface area contributed by atoms with E-state index in [2.05, 4.69) is 34.6 Å². The molecule has 0 bridgehead atoms. The summed E-state index contributed by atoms with van der Waals surface area (Å²) in [5, 5.41) is 6.58. The van der Waals surface area contributed by atoms with Gasteiger partial charge in [0.1, 0.15) is 5.82 Å². The maximum Gasteiger partial charge on any atom is 0.191 e. The molecule has 0 atom stereocenters. The lowest BCUT2D eigenvalue weighted by molar-refractivity contribution is 0.389. The summed E-state index contributed by atoms with van der Waals surface area (Å²) in [6, 6.07) is 6.59. The molecule has 2 N–H and O–H groups in total. The number of guanidine groups is 1. The summed E-state index contributed by atoms with van der Waals surface area (Å²) in [4.78, 5) is 6.75. The Morgan fingerprint density at radius 2 is 1.83 bits per heavy atom. The maximum atomic E-state index is 13.2. The Balaban J connectivity index is 2.22. The second kappa shape index (κ2) is 12.8. The Morgan fingerprint density at radius 1 is 1.08 bits per heavy atom. The normalized spacial score (nSPS) is 11.8.